The number of carbonyl (C=O) groups is 1. The van der Waals surface area contributed by atoms with E-state index in [2.05, 4.69) is 15.8 Å². The Bertz CT molecular complexity index is 471. The minimum atomic E-state index is -0.279. The second-order valence-corrected chi connectivity index (χ2v) is 4.69. The zero-order valence-corrected chi connectivity index (χ0v) is 10.5. The lowest BCUT2D eigenvalue weighted by Crippen LogP contribution is -2.53. The van der Waals surface area contributed by atoms with Crippen LogP contribution in [-0.4, -0.2) is 17.8 Å². The van der Waals surface area contributed by atoms with Gasteiger partial charge in [0.2, 0.25) is 0 Å². The molecule has 0 saturated heterocycles. The molecule has 1 aliphatic rings. The van der Waals surface area contributed by atoms with Gasteiger partial charge in [-0.15, -0.1) is 0 Å². The Hall–Kier alpha value is -1.55. The number of hydrogen-bond acceptors (Lipinski definition) is 3. The summed E-state index contributed by atoms with van der Waals surface area (Å²) in [6.45, 7) is 3.96. The van der Waals surface area contributed by atoms with E-state index in [0.717, 1.165) is 5.56 Å². The van der Waals surface area contributed by atoms with Crippen molar-refractivity contribution < 1.29 is 4.79 Å². The predicted octanol–water partition coefficient (Wildman–Crippen LogP) is 1.75. The highest BCUT2D eigenvalue weighted by Gasteiger charge is 2.27. The van der Waals surface area contributed by atoms with Crippen molar-refractivity contribution in [3.8, 4) is 0 Å². The Labute approximate surface area is 105 Å². The van der Waals surface area contributed by atoms with E-state index in [1.54, 1.807) is 6.07 Å². The van der Waals surface area contributed by atoms with E-state index in [1.807, 2.05) is 32.0 Å². The van der Waals surface area contributed by atoms with Crippen molar-refractivity contribution >= 4 is 23.3 Å². The van der Waals surface area contributed by atoms with E-state index in [-0.39, 0.29) is 17.9 Å². The second kappa shape index (κ2) is 4.75. The zero-order chi connectivity index (χ0) is 12.4. The van der Waals surface area contributed by atoms with Gasteiger partial charge < -0.3 is 5.32 Å². The highest BCUT2D eigenvalue weighted by atomic mass is 35.5. The SMILES string of the molecule is CC(C)C1NC(c2ccccc2Cl)=NNC1=O. The molecular formula is C12H14ClN3O. The van der Waals surface area contributed by atoms with Crippen LogP contribution in [0.5, 0.6) is 0 Å². The Balaban J connectivity index is 2.30. The molecule has 1 aromatic rings. The normalized spacial score (nSPS) is 19.6. The number of benzene rings is 1. The summed E-state index contributed by atoms with van der Waals surface area (Å²) in [7, 11) is 0. The van der Waals surface area contributed by atoms with Crippen LogP contribution in [0.4, 0.5) is 0 Å². The molecular weight excluding hydrogens is 238 g/mol. The average molecular weight is 252 g/mol. The number of nitrogens with one attached hydrogen (secondary N) is 2. The topological polar surface area (TPSA) is 53.5 Å². The first-order chi connectivity index (χ1) is 8.09. The third kappa shape index (κ3) is 2.42. The molecule has 1 amide bonds. The highest BCUT2D eigenvalue weighted by Crippen LogP contribution is 2.17. The monoisotopic (exact) mass is 251 g/mol. The maximum Gasteiger partial charge on any atom is 0.262 e. The van der Waals surface area contributed by atoms with E-state index in [9.17, 15) is 4.79 Å². The van der Waals surface area contributed by atoms with Crippen molar-refractivity contribution in [3.63, 3.8) is 0 Å². The van der Waals surface area contributed by atoms with Gasteiger partial charge in [-0.1, -0.05) is 37.6 Å². The molecule has 0 bridgehead atoms. The summed E-state index contributed by atoms with van der Waals surface area (Å²) in [5.74, 6) is 0.674. The zero-order valence-electron chi connectivity index (χ0n) is 9.70. The van der Waals surface area contributed by atoms with Gasteiger partial charge in [-0.3, -0.25) is 4.79 Å². The summed E-state index contributed by atoms with van der Waals surface area (Å²) >= 11 is 6.09. The number of rotatable bonds is 2. The van der Waals surface area contributed by atoms with Crippen molar-refractivity contribution in [1.29, 1.82) is 0 Å². The molecule has 1 aromatic carbocycles. The summed E-state index contributed by atoms with van der Waals surface area (Å²) in [4.78, 5) is 11.6. The van der Waals surface area contributed by atoms with Gasteiger partial charge in [0.25, 0.3) is 5.91 Å². The molecule has 1 aliphatic heterocycles. The van der Waals surface area contributed by atoms with Crippen LogP contribution in [0.1, 0.15) is 19.4 Å². The van der Waals surface area contributed by atoms with E-state index in [0.29, 0.717) is 10.9 Å². The standard InChI is InChI=1S/C12H14ClN3O/c1-7(2)10-12(17)16-15-11(14-10)8-5-3-4-6-9(8)13/h3-7,10H,1-2H3,(H,14,15)(H,16,17). The lowest BCUT2D eigenvalue weighted by molar-refractivity contribution is -0.124. The molecule has 0 aliphatic carbocycles. The number of carbonyl (C=O) groups excluding carboxylic acids is 1. The van der Waals surface area contributed by atoms with E-state index in [4.69, 9.17) is 11.6 Å². The van der Waals surface area contributed by atoms with Gasteiger partial charge in [0.1, 0.15) is 6.04 Å². The van der Waals surface area contributed by atoms with Crippen LogP contribution < -0.4 is 10.7 Å². The Morgan fingerprint density at radius 1 is 1.35 bits per heavy atom. The Morgan fingerprint density at radius 2 is 2.06 bits per heavy atom. The van der Waals surface area contributed by atoms with Gasteiger partial charge in [-0.25, -0.2) is 5.43 Å². The van der Waals surface area contributed by atoms with Crippen LogP contribution in [0.2, 0.25) is 5.02 Å². The molecule has 1 heterocycles. The highest BCUT2D eigenvalue weighted by molar-refractivity contribution is 6.34. The smallest absolute Gasteiger partial charge is 0.262 e. The molecule has 0 spiro atoms. The molecule has 0 radical (unpaired) electrons. The van der Waals surface area contributed by atoms with Crippen molar-refractivity contribution in [1.82, 2.24) is 10.7 Å². The van der Waals surface area contributed by atoms with Gasteiger partial charge >= 0.3 is 0 Å². The largest absolute Gasteiger partial charge is 0.356 e. The quantitative estimate of drug-likeness (QED) is 0.841. The summed E-state index contributed by atoms with van der Waals surface area (Å²) in [6.07, 6.45) is 0. The van der Waals surface area contributed by atoms with Crippen LogP contribution in [0, 0.1) is 5.92 Å². The fourth-order valence-corrected chi connectivity index (χ4v) is 1.91. The molecule has 5 heteroatoms. The maximum absolute atomic E-state index is 11.6. The number of nitrogens with zero attached hydrogens (tertiary/aromatic N) is 1. The van der Waals surface area contributed by atoms with Crippen molar-refractivity contribution in [2.24, 2.45) is 11.0 Å². The predicted molar refractivity (Wildman–Crippen MR) is 67.9 cm³/mol. The average Bonchev–Trinajstić information content (AvgIpc) is 2.30. The van der Waals surface area contributed by atoms with Crippen molar-refractivity contribution in [2.45, 2.75) is 19.9 Å². The Kier molecular flexibility index (Phi) is 3.33. The van der Waals surface area contributed by atoms with Crippen LogP contribution in [-0.2, 0) is 4.79 Å². The molecule has 17 heavy (non-hydrogen) atoms. The van der Waals surface area contributed by atoms with Gasteiger partial charge in [0.05, 0.1) is 5.02 Å². The van der Waals surface area contributed by atoms with E-state index < -0.39 is 0 Å². The lowest BCUT2D eigenvalue weighted by Gasteiger charge is -2.26. The van der Waals surface area contributed by atoms with Crippen molar-refractivity contribution in [3.05, 3.63) is 34.9 Å². The van der Waals surface area contributed by atoms with E-state index >= 15 is 0 Å². The summed E-state index contributed by atoms with van der Waals surface area (Å²) in [5.41, 5.74) is 3.31. The third-order valence-corrected chi connectivity index (χ3v) is 2.98. The van der Waals surface area contributed by atoms with Gasteiger partial charge in [0, 0.05) is 5.56 Å². The van der Waals surface area contributed by atoms with Crippen LogP contribution >= 0.6 is 11.6 Å². The fourth-order valence-electron chi connectivity index (χ4n) is 1.69. The number of amidine groups is 1. The maximum atomic E-state index is 11.6. The van der Waals surface area contributed by atoms with Gasteiger partial charge in [0.15, 0.2) is 5.84 Å². The van der Waals surface area contributed by atoms with Gasteiger partial charge in [-0.2, -0.15) is 5.10 Å². The number of hydrazone groups is 1. The molecule has 0 saturated carbocycles. The molecule has 1 atom stereocenters. The van der Waals surface area contributed by atoms with E-state index in [1.165, 1.54) is 0 Å². The summed E-state index contributed by atoms with van der Waals surface area (Å²) < 4.78 is 0. The number of hydrogen-bond donors (Lipinski definition) is 2. The first-order valence-corrected chi connectivity index (χ1v) is 5.86. The lowest BCUT2D eigenvalue weighted by atomic mass is 10.0. The molecule has 4 nitrogen and oxygen atoms in total. The third-order valence-electron chi connectivity index (χ3n) is 2.65. The molecule has 0 aromatic heterocycles. The minimum absolute atomic E-state index is 0.115. The molecule has 90 valence electrons. The summed E-state index contributed by atoms with van der Waals surface area (Å²) in [5, 5.41) is 7.72. The number of amides is 1. The van der Waals surface area contributed by atoms with Crippen LogP contribution in [0.15, 0.2) is 29.4 Å². The van der Waals surface area contributed by atoms with Crippen molar-refractivity contribution in [2.75, 3.05) is 0 Å². The molecule has 0 fully saturated rings. The minimum Gasteiger partial charge on any atom is -0.356 e. The Morgan fingerprint density at radius 3 is 2.71 bits per heavy atom. The van der Waals surface area contributed by atoms with Crippen LogP contribution in [0.3, 0.4) is 0 Å². The molecule has 2 N–H and O–H groups in total. The molecule has 1 unspecified atom stereocenters. The number of halogens is 1. The first-order valence-electron chi connectivity index (χ1n) is 5.48. The summed E-state index contributed by atoms with van der Waals surface area (Å²) in [6, 6.07) is 7.11. The van der Waals surface area contributed by atoms with Gasteiger partial charge in [-0.05, 0) is 18.1 Å². The van der Waals surface area contributed by atoms with Crippen LogP contribution in [0.25, 0.3) is 0 Å². The molecule has 2 rings (SSSR count). The fraction of sp³-hybridized carbons (Fsp3) is 0.333. The second-order valence-electron chi connectivity index (χ2n) is 4.28. The first kappa shape index (κ1) is 11.9.